The minimum atomic E-state index is -1.30. The topological polar surface area (TPSA) is 164 Å². The lowest BCUT2D eigenvalue weighted by molar-refractivity contribution is -0.124. The molecule has 1 fully saturated rings. The number of hydrogen-bond donors (Lipinski definition) is 6. The largest absolute Gasteiger partial charge is 0.394 e. The number of nitrogens with zero attached hydrogens (tertiary/aromatic N) is 3. The number of rotatable bonds is 4. The number of likely N-dealkylation sites (N-methyl/N-ethyl adjacent to an activating group) is 1. The van der Waals surface area contributed by atoms with E-state index in [4.69, 9.17) is 4.74 Å². The molecule has 11 heteroatoms. The van der Waals surface area contributed by atoms with Gasteiger partial charge in [0.25, 0.3) is 0 Å². The summed E-state index contributed by atoms with van der Waals surface area (Å²) in [7, 11) is 1.66. The summed E-state index contributed by atoms with van der Waals surface area (Å²) in [6.45, 7) is 3.09. The van der Waals surface area contributed by atoms with E-state index in [0.29, 0.717) is 11.4 Å². The molecule has 1 aromatic heterocycles. The molecule has 0 radical (unpaired) electrons. The van der Waals surface area contributed by atoms with E-state index in [9.17, 15) is 25.4 Å². The van der Waals surface area contributed by atoms with Gasteiger partial charge in [-0.1, -0.05) is 0 Å². The summed E-state index contributed by atoms with van der Waals surface area (Å²) in [5, 5.41) is 47.9. The smallest absolute Gasteiger partial charge is 0.245 e. The normalized spacial score (nSPS) is 26.8. The zero-order valence-corrected chi connectivity index (χ0v) is 15.8. The second-order valence-electron chi connectivity index (χ2n) is 7.19. The van der Waals surface area contributed by atoms with Gasteiger partial charge in [-0.25, -0.2) is 4.99 Å². The molecule has 0 spiro atoms. The summed E-state index contributed by atoms with van der Waals surface area (Å²) in [4.78, 5) is 16.8. The maximum absolute atomic E-state index is 12.5. The van der Waals surface area contributed by atoms with Crippen LogP contribution in [0, 0.1) is 11.3 Å². The lowest BCUT2D eigenvalue weighted by Crippen LogP contribution is -2.53. The summed E-state index contributed by atoms with van der Waals surface area (Å²) in [6, 6.07) is 2.05. The van der Waals surface area contributed by atoms with Crippen molar-refractivity contribution in [3.63, 3.8) is 0 Å². The number of fused-ring (bicyclic) bond motifs is 1. The molecular formula is C17H24N6O5. The molecule has 1 saturated heterocycles. The Balaban J connectivity index is 1.98. The van der Waals surface area contributed by atoms with Crippen molar-refractivity contribution in [2.24, 2.45) is 4.99 Å². The van der Waals surface area contributed by atoms with E-state index in [1.165, 1.54) is 10.8 Å². The van der Waals surface area contributed by atoms with Crippen LogP contribution < -0.4 is 16.0 Å². The van der Waals surface area contributed by atoms with E-state index in [1.54, 1.807) is 20.9 Å². The van der Waals surface area contributed by atoms with Gasteiger partial charge in [0.15, 0.2) is 6.23 Å². The first-order chi connectivity index (χ1) is 13.2. The van der Waals surface area contributed by atoms with Gasteiger partial charge in [-0.05, 0) is 20.9 Å². The van der Waals surface area contributed by atoms with E-state index in [2.05, 4.69) is 20.9 Å². The zero-order valence-electron chi connectivity index (χ0n) is 15.8. The summed E-state index contributed by atoms with van der Waals surface area (Å²) in [6.07, 6.45) is -3.09. The maximum Gasteiger partial charge on any atom is 0.245 e. The molecule has 0 saturated carbocycles. The predicted octanol–water partition coefficient (Wildman–Crippen LogP) is -1.78. The Hall–Kier alpha value is -2.49. The molecule has 0 aromatic carbocycles. The third-order valence-electron chi connectivity index (χ3n) is 5.09. The first-order valence-corrected chi connectivity index (χ1v) is 8.81. The molecule has 2 aliphatic rings. The number of nitriles is 1. The average molecular weight is 392 g/mol. The molecule has 11 nitrogen and oxygen atoms in total. The van der Waals surface area contributed by atoms with Crippen LogP contribution in [0.4, 0.5) is 5.82 Å². The molecule has 1 unspecified atom stereocenters. The van der Waals surface area contributed by atoms with Crippen LogP contribution in [0.2, 0.25) is 0 Å². The molecule has 6 N–H and O–H groups in total. The average Bonchev–Trinajstić information content (AvgIpc) is 3.20. The fourth-order valence-electron chi connectivity index (χ4n) is 3.09. The fourth-order valence-corrected chi connectivity index (χ4v) is 3.09. The van der Waals surface area contributed by atoms with Crippen molar-refractivity contribution in [3.05, 3.63) is 17.3 Å². The first-order valence-electron chi connectivity index (χ1n) is 8.81. The van der Waals surface area contributed by atoms with Gasteiger partial charge in [0, 0.05) is 6.20 Å². The molecule has 28 heavy (non-hydrogen) atoms. The summed E-state index contributed by atoms with van der Waals surface area (Å²) < 4.78 is 7.03. The number of aliphatic hydroxyl groups excluding tert-OH is 3. The summed E-state index contributed by atoms with van der Waals surface area (Å²) in [5.41, 5.74) is -0.278. The van der Waals surface area contributed by atoms with E-state index >= 15 is 0 Å². The number of carbonyl (C=O) groups is 1. The van der Waals surface area contributed by atoms with Crippen molar-refractivity contribution in [2.45, 2.75) is 43.9 Å². The Labute approximate surface area is 161 Å². The minimum absolute atomic E-state index is 0.131. The minimum Gasteiger partial charge on any atom is -0.394 e. The number of anilines is 1. The molecule has 152 valence electrons. The highest BCUT2D eigenvalue weighted by atomic mass is 16.6. The Bertz CT molecular complexity index is 842. The Morgan fingerprint density at radius 3 is 2.79 bits per heavy atom. The van der Waals surface area contributed by atoms with Crippen molar-refractivity contribution < 1.29 is 24.9 Å². The maximum atomic E-state index is 12.5. The van der Waals surface area contributed by atoms with Crippen molar-refractivity contribution in [2.75, 3.05) is 25.6 Å². The number of amidine groups is 1. The van der Waals surface area contributed by atoms with Gasteiger partial charge < -0.3 is 40.6 Å². The predicted molar refractivity (Wildman–Crippen MR) is 98.5 cm³/mol. The highest BCUT2D eigenvalue weighted by Crippen LogP contribution is 2.36. The Morgan fingerprint density at radius 1 is 1.50 bits per heavy atom. The second kappa shape index (κ2) is 7.50. The molecule has 1 amide bonds. The van der Waals surface area contributed by atoms with Crippen molar-refractivity contribution >= 4 is 17.6 Å². The van der Waals surface area contributed by atoms with Gasteiger partial charge in [0.05, 0.1) is 23.3 Å². The van der Waals surface area contributed by atoms with Gasteiger partial charge >= 0.3 is 0 Å². The third-order valence-corrected chi connectivity index (χ3v) is 5.09. The molecule has 1 aromatic rings. The van der Waals surface area contributed by atoms with E-state index in [-0.39, 0.29) is 24.0 Å². The van der Waals surface area contributed by atoms with Crippen molar-refractivity contribution in [1.29, 1.82) is 5.26 Å². The van der Waals surface area contributed by atoms with Crippen LogP contribution in [-0.2, 0) is 9.53 Å². The number of amides is 1. The van der Waals surface area contributed by atoms with Gasteiger partial charge in [-0.3, -0.25) is 4.79 Å². The van der Waals surface area contributed by atoms with E-state index in [0.717, 1.165) is 0 Å². The number of carbonyl (C=O) groups excluding carboxylic acids is 1. The van der Waals surface area contributed by atoms with Crippen molar-refractivity contribution in [3.8, 4) is 6.07 Å². The number of aliphatic imine (C=N–C) groups is 1. The van der Waals surface area contributed by atoms with Gasteiger partial charge in [-0.15, -0.1) is 0 Å². The van der Waals surface area contributed by atoms with E-state index < -0.39 is 36.7 Å². The molecule has 3 rings (SSSR count). The summed E-state index contributed by atoms with van der Waals surface area (Å²) >= 11 is 0. The third kappa shape index (κ3) is 3.25. The molecular weight excluding hydrogens is 368 g/mol. The highest BCUT2D eigenvalue weighted by molar-refractivity contribution is 6.14. The van der Waals surface area contributed by atoms with Crippen LogP contribution in [0.3, 0.4) is 0 Å². The monoisotopic (exact) mass is 392 g/mol. The molecule has 0 aliphatic carbocycles. The quantitative estimate of drug-likeness (QED) is 0.350. The summed E-state index contributed by atoms with van der Waals surface area (Å²) in [5.74, 6) is 0.314. The molecule has 3 heterocycles. The van der Waals surface area contributed by atoms with Crippen LogP contribution >= 0.6 is 0 Å². The number of nitrogens with one attached hydrogen (secondary N) is 3. The van der Waals surface area contributed by atoms with Crippen LogP contribution in [-0.4, -0.2) is 75.8 Å². The van der Waals surface area contributed by atoms with Crippen molar-refractivity contribution in [1.82, 2.24) is 15.2 Å². The molecule has 0 bridgehead atoms. The van der Waals surface area contributed by atoms with E-state index in [1.807, 2.05) is 6.07 Å². The van der Waals surface area contributed by atoms with Gasteiger partial charge in [0.1, 0.15) is 42.7 Å². The van der Waals surface area contributed by atoms with Gasteiger partial charge in [-0.2, -0.15) is 5.26 Å². The van der Waals surface area contributed by atoms with Crippen LogP contribution in [0.15, 0.2) is 11.2 Å². The number of aromatic nitrogens is 1. The molecule has 4 atom stereocenters. The van der Waals surface area contributed by atoms with Crippen LogP contribution in [0.25, 0.3) is 0 Å². The zero-order chi connectivity index (χ0) is 20.6. The standard InChI is InChI=1S/C17H24N6O5/c1-17(2,19-3)16(27)22-13-10-8(4-18)5-23(14(10)21-7-20-13)15-12(26)11(25)9(6-24)28-15/h5,9,11-12,15,19,21,24-26H,6-7H2,1-3H3,(H,20,22,27)/t9-,11?,12+,15-/m1/s1. The van der Waals surface area contributed by atoms with Crippen LogP contribution in [0.1, 0.15) is 31.2 Å². The lowest BCUT2D eigenvalue weighted by Gasteiger charge is -2.26. The highest BCUT2D eigenvalue weighted by Gasteiger charge is 2.45. The molecule has 2 aliphatic heterocycles. The SMILES string of the molecule is CNC(C)(C)C(=O)NC1=NCNc2c1c(C#N)cn2[C@@H]1O[C@H](CO)C(O)[C@@H]1O. The Morgan fingerprint density at radius 2 is 2.21 bits per heavy atom. The number of hydrogen-bond acceptors (Lipinski definition) is 9. The second-order valence-corrected chi connectivity index (χ2v) is 7.19. The van der Waals surface area contributed by atoms with Crippen LogP contribution in [0.5, 0.6) is 0 Å². The fraction of sp³-hybridized carbons (Fsp3) is 0.588. The first kappa shape index (κ1) is 20.2. The number of ether oxygens (including phenoxy) is 1. The Kier molecular flexibility index (Phi) is 5.42. The number of aliphatic hydroxyl groups is 3. The lowest BCUT2D eigenvalue weighted by atomic mass is 10.0. The van der Waals surface area contributed by atoms with Gasteiger partial charge in [0.2, 0.25) is 5.91 Å².